The summed E-state index contributed by atoms with van der Waals surface area (Å²) in [5, 5.41) is 5.04. The largest absolute Gasteiger partial charge is 0.493 e. The van der Waals surface area contributed by atoms with Gasteiger partial charge >= 0.3 is 10.3 Å². The van der Waals surface area contributed by atoms with Crippen LogP contribution >= 0.6 is 0 Å². The standard InChI is InChI=1S/C28H33NO7S/c1-28-10-9-21-20-8-6-19(36-37(29,31)32)14-17(20)5-7-22(21)23(28)15-18(27(28)30)11-16-12-24(33-2)26(35-4)25(13-16)34-3/h6,8,11-14,21-23H,5,7,9-10,15H2,1-4H3,(H2,29,31,32)/b18-11+/t21?,22?,23?,28-/m0/s1. The molecular formula is C28H33NO7S. The second-order valence-corrected chi connectivity index (χ2v) is 11.6. The van der Waals surface area contributed by atoms with Crippen LogP contribution in [0, 0.1) is 17.3 Å². The van der Waals surface area contributed by atoms with Gasteiger partial charge in [0.05, 0.1) is 21.3 Å². The van der Waals surface area contributed by atoms with Crippen molar-refractivity contribution in [3.05, 3.63) is 52.6 Å². The van der Waals surface area contributed by atoms with Gasteiger partial charge in [-0.15, -0.1) is 0 Å². The molecule has 3 unspecified atom stereocenters. The molecule has 37 heavy (non-hydrogen) atoms. The summed E-state index contributed by atoms with van der Waals surface area (Å²) in [5.41, 5.74) is 3.62. The molecule has 0 saturated heterocycles. The van der Waals surface area contributed by atoms with Crippen LogP contribution in [0.3, 0.4) is 0 Å². The molecule has 4 atom stereocenters. The minimum atomic E-state index is -4.06. The number of Topliss-reactive ketones (excluding diaryl/α,β-unsaturated/α-hetero) is 1. The van der Waals surface area contributed by atoms with E-state index in [1.54, 1.807) is 33.5 Å². The normalized spacial score (nSPS) is 27.8. The first kappa shape index (κ1) is 25.6. The van der Waals surface area contributed by atoms with Gasteiger partial charge in [0.25, 0.3) is 0 Å². The Balaban J connectivity index is 1.45. The Morgan fingerprint density at radius 2 is 1.73 bits per heavy atom. The fourth-order valence-corrected chi connectivity index (χ4v) is 7.30. The monoisotopic (exact) mass is 527 g/mol. The van der Waals surface area contributed by atoms with Crippen molar-refractivity contribution in [3.8, 4) is 23.0 Å². The van der Waals surface area contributed by atoms with Gasteiger partial charge in [0, 0.05) is 5.41 Å². The van der Waals surface area contributed by atoms with E-state index in [-0.39, 0.29) is 22.9 Å². The van der Waals surface area contributed by atoms with E-state index in [0.717, 1.165) is 48.8 Å². The highest BCUT2D eigenvalue weighted by atomic mass is 32.2. The highest BCUT2D eigenvalue weighted by Gasteiger charge is 2.56. The predicted molar refractivity (Wildman–Crippen MR) is 139 cm³/mol. The van der Waals surface area contributed by atoms with E-state index in [1.165, 1.54) is 5.56 Å². The van der Waals surface area contributed by atoms with E-state index in [2.05, 4.69) is 6.92 Å². The van der Waals surface area contributed by atoms with Crippen molar-refractivity contribution >= 4 is 22.2 Å². The molecule has 0 bridgehead atoms. The maximum absolute atomic E-state index is 13.8. The fraction of sp³-hybridized carbons (Fsp3) is 0.464. The average Bonchev–Trinajstić information content (AvgIpc) is 3.11. The van der Waals surface area contributed by atoms with Crippen LogP contribution < -0.4 is 23.5 Å². The molecule has 0 spiro atoms. The Morgan fingerprint density at radius 3 is 2.35 bits per heavy atom. The molecule has 5 rings (SSSR count). The van der Waals surface area contributed by atoms with Crippen molar-refractivity contribution in [2.24, 2.45) is 22.4 Å². The number of nitrogens with two attached hydrogens (primary N) is 1. The number of rotatable bonds is 6. The highest BCUT2D eigenvalue weighted by molar-refractivity contribution is 7.84. The lowest BCUT2D eigenvalue weighted by atomic mass is 9.55. The molecule has 0 amide bonds. The van der Waals surface area contributed by atoms with Gasteiger partial charge in [-0.1, -0.05) is 13.0 Å². The summed E-state index contributed by atoms with van der Waals surface area (Å²) in [7, 11) is 0.660. The fourth-order valence-electron chi connectivity index (χ4n) is 6.93. The number of aryl methyl sites for hydroxylation is 1. The van der Waals surface area contributed by atoms with Gasteiger partial charge in [0.1, 0.15) is 5.75 Å². The molecule has 3 aliphatic rings. The molecule has 0 heterocycles. The molecule has 0 aliphatic heterocycles. The maximum atomic E-state index is 13.8. The summed E-state index contributed by atoms with van der Waals surface area (Å²) in [6.07, 6.45) is 6.20. The van der Waals surface area contributed by atoms with Crippen LogP contribution in [0.5, 0.6) is 23.0 Å². The van der Waals surface area contributed by atoms with Gasteiger partial charge in [-0.25, -0.2) is 0 Å². The lowest BCUT2D eigenvalue weighted by molar-refractivity contribution is -0.127. The van der Waals surface area contributed by atoms with Gasteiger partial charge in [-0.3, -0.25) is 4.79 Å². The molecule has 0 radical (unpaired) electrons. The van der Waals surface area contributed by atoms with E-state index in [1.807, 2.05) is 24.3 Å². The minimum absolute atomic E-state index is 0.229. The van der Waals surface area contributed by atoms with Crippen LogP contribution in [0.4, 0.5) is 0 Å². The molecule has 0 aromatic heterocycles. The van der Waals surface area contributed by atoms with E-state index in [4.69, 9.17) is 23.5 Å². The van der Waals surface area contributed by atoms with E-state index in [9.17, 15) is 13.2 Å². The van der Waals surface area contributed by atoms with Crippen LogP contribution in [-0.4, -0.2) is 35.5 Å². The summed E-state index contributed by atoms with van der Waals surface area (Å²) >= 11 is 0. The van der Waals surface area contributed by atoms with Crippen molar-refractivity contribution < 1.29 is 31.6 Å². The van der Waals surface area contributed by atoms with Crippen molar-refractivity contribution in [1.82, 2.24) is 0 Å². The summed E-state index contributed by atoms with van der Waals surface area (Å²) in [4.78, 5) is 13.8. The Labute approximate surface area is 218 Å². The second kappa shape index (κ2) is 9.36. The van der Waals surface area contributed by atoms with Crippen molar-refractivity contribution in [2.75, 3.05) is 21.3 Å². The lowest BCUT2D eigenvalue weighted by Gasteiger charge is -2.48. The first-order chi connectivity index (χ1) is 17.6. The van der Waals surface area contributed by atoms with Gasteiger partial charge in [-0.2, -0.15) is 13.6 Å². The maximum Gasteiger partial charge on any atom is 0.380 e. The first-order valence-electron chi connectivity index (χ1n) is 12.5. The number of hydrogen-bond acceptors (Lipinski definition) is 7. The molecule has 2 fully saturated rings. The number of fused-ring (bicyclic) bond motifs is 5. The van der Waals surface area contributed by atoms with E-state index < -0.39 is 10.3 Å². The number of ketones is 1. The number of carbonyl (C=O) groups is 1. The number of methoxy groups -OCH3 is 3. The average molecular weight is 528 g/mol. The van der Waals surface area contributed by atoms with Crippen LogP contribution in [0.25, 0.3) is 6.08 Å². The number of carbonyl (C=O) groups excluding carboxylic acids is 1. The zero-order valence-corrected chi connectivity index (χ0v) is 22.4. The SMILES string of the molecule is COc1cc(/C=C2\CC3C4CCc5cc(OS(N)(=O)=O)ccc5C4CC[C@]3(C)C2=O)cc(OC)c1OC. The van der Waals surface area contributed by atoms with Crippen LogP contribution in [0.1, 0.15) is 55.2 Å². The van der Waals surface area contributed by atoms with E-state index in [0.29, 0.717) is 29.1 Å². The zero-order valence-electron chi connectivity index (χ0n) is 21.6. The van der Waals surface area contributed by atoms with Crippen molar-refractivity contribution in [1.29, 1.82) is 0 Å². The summed E-state index contributed by atoms with van der Waals surface area (Å²) in [6.45, 7) is 2.13. The summed E-state index contributed by atoms with van der Waals surface area (Å²) in [5.74, 6) is 3.06. The zero-order chi connectivity index (χ0) is 26.5. The first-order valence-corrected chi connectivity index (χ1v) is 14.0. The molecule has 3 aliphatic carbocycles. The minimum Gasteiger partial charge on any atom is -0.493 e. The molecule has 2 aromatic carbocycles. The van der Waals surface area contributed by atoms with Crippen molar-refractivity contribution in [3.63, 3.8) is 0 Å². The van der Waals surface area contributed by atoms with Gasteiger partial charge in [0.2, 0.25) is 5.75 Å². The molecule has 198 valence electrons. The summed E-state index contributed by atoms with van der Waals surface area (Å²) < 4.78 is 44.0. The number of hydrogen-bond donors (Lipinski definition) is 1. The third-order valence-electron chi connectivity index (χ3n) is 8.58. The molecule has 2 aromatic rings. The summed E-state index contributed by atoms with van der Waals surface area (Å²) in [6, 6.07) is 9.17. The number of ether oxygens (including phenoxy) is 3. The predicted octanol–water partition coefficient (Wildman–Crippen LogP) is 4.41. The Hall–Kier alpha value is -3.04. The van der Waals surface area contributed by atoms with Gasteiger partial charge < -0.3 is 18.4 Å². The Bertz CT molecular complexity index is 1360. The van der Waals surface area contributed by atoms with E-state index >= 15 is 0 Å². The van der Waals surface area contributed by atoms with Gasteiger partial charge in [0.15, 0.2) is 17.3 Å². The van der Waals surface area contributed by atoms with Crippen LogP contribution in [0.2, 0.25) is 0 Å². The second-order valence-electron chi connectivity index (χ2n) is 10.5. The topological polar surface area (TPSA) is 114 Å². The Kier molecular flexibility index (Phi) is 6.48. The third kappa shape index (κ3) is 4.48. The molecule has 9 heteroatoms. The highest BCUT2D eigenvalue weighted by Crippen LogP contribution is 2.61. The lowest BCUT2D eigenvalue weighted by Crippen LogP contribution is -2.42. The Morgan fingerprint density at radius 1 is 1.03 bits per heavy atom. The quantitative estimate of drug-likeness (QED) is 0.554. The van der Waals surface area contributed by atoms with Gasteiger partial charge in [-0.05, 0) is 102 Å². The molecular weight excluding hydrogens is 494 g/mol. The molecule has 2 saturated carbocycles. The smallest absolute Gasteiger partial charge is 0.380 e. The van der Waals surface area contributed by atoms with Crippen LogP contribution in [0.15, 0.2) is 35.9 Å². The molecule has 8 nitrogen and oxygen atoms in total. The molecule has 2 N–H and O–H groups in total. The van der Waals surface area contributed by atoms with Crippen molar-refractivity contribution in [2.45, 2.75) is 44.9 Å². The third-order valence-corrected chi connectivity index (χ3v) is 9.00. The van der Waals surface area contributed by atoms with Crippen LogP contribution in [-0.2, 0) is 21.5 Å². The number of benzene rings is 2. The number of allylic oxidation sites excluding steroid dienone is 1.